The molecule has 0 spiro atoms. The van der Waals surface area contributed by atoms with Gasteiger partial charge < -0.3 is 16.2 Å². The number of hydrogen-bond donors (Lipinski definition) is 3. The fourth-order valence-electron chi connectivity index (χ4n) is 1.89. The molecule has 1 saturated heterocycles. The Labute approximate surface area is 107 Å². The monoisotopic (exact) mass is 271 g/mol. The summed E-state index contributed by atoms with van der Waals surface area (Å²) in [4.78, 5) is 35.4. The van der Waals surface area contributed by atoms with Gasteiger partial charge in [0.1, 0.15) is 5.70 Å². The van der Waals surface area contributed by atoms with Crippen LogP contribution in [0.4, 0.5) is 0 Å². The third-order valence-electron chi connectivity index (χ3n) is 2.75. The Kier molecular flexibility index (Phi) is 3.58. The number of carbonyl (C=O) groups excluding carboxylic acids is 2. The minimum atomic E-state index is -1.10. The van der Waals surface area contributed by atoms with E-state index < -0.39 is 5.97 Å². The van der Waals surface area contributed by atoms with Gasteiger partial charge in [-0.15, -0.1) is 11.8 Å². The third-order valence-corrected chi connectivity index (χ3v) is 4.08. The molecule has 0 saturated carbocycles. The molecule has 4 N–H and O–H groups in total. The lowest BCUT2D eigenvalue weighted by atomic mass is 10.1. The first kappa shape index (κ1) is 12.9. The molecule has 8 heteroatoms. The first-order chi connectivity index (χ1) is 8.54. The van der Waals surface area contributed by atoms with Gasteiger partial charge in [0.05, 0.1) is 18.3 Å². The third kappa shape index (κ3) is 2.21. The normalized spacial score (nSPS) is 21.7. The molecule has 2 aliphatic heterocycles. The predicted octanol–water partition coefficient (Wildman–Crippen LogP) is -0.947. The van der Waals surface area contributed by atoms with Crippen LogP contribution in [0.3, 0.4) is 0 Å². The van der Waals surface area contributed by atoms with Gasteiger partial charge in [0, 0.05) is 11.4 Å². The highest BCUT2D eigenvalue weighted by Gasteiger charge is 2.47. The topological polar surface area (TPSA) is 113 Å². The molecule has 0 aromatic rings. The van der Waals surface area contributed by atoms with Crippen LogP contribution >= 0.6 is 11.8 Å². The van der Waals surface area contributed by atoms with Crippen LogP contribution in [0.5, 0.6) is 0 Å². The number of hydrogen-bond acceptors (Lipinski definition) is 5. The van der Waals surface area contributed by atoms with Crippen LogP contribution in [0.1, 0.15) is 12.8 Å². The van der Waals surface area contributed by atoms with Gasteiger partial charge in [-0.3, -0.25) is 14.5 Å². The molecule has 7 nitrogen and oxygen atoms in total. The Bertz CT molecular complexity index is 448. The number of thioether (sulfide) groups is 1. The molecule has 0 aliphatic carbocycles. The van der Waals surface area contributed by atoms with E-state index in [4.69, 9.17) is 10.8 Å². The highest BCUT2D eigenvalue weighted by Crippen LogP contribution is 2.47. The van der Waals surface area contributed by atoms with Gasteiger partial charge in [0.2, 0.25) is 11.8 Å². The number of nitrogens with one attached hydrogen (secondary N) is 1. The average molecular weight is 271 g/mol. The molecule has 2 heterocycles. The Hall–Kier alpha value is -1.54. The van der Waals surface area contributed by atoms with Crippen molar-refractivity contribution in [3.8, 4) is 0 Å². The second-order valence-corrected chi connectivity index (χ2v) is 5.19. The minimum Gasteiger partial charge on any atom is -0.477 e. The number of fused-ring (bicyclic) bond motifs is 1. The summed E-state index contributed by atoms with van der Waals surface area (Å²) in [6.07, 6.45) is 0.776. The van der Waals surface area contributed by atoms with E-state index in [0.717, 1.165) is 0 Å². The second kappa shape index (κ2) is 4.99. The molecule has 0 unspecified atom stereocenters. The van der Waals surface area contributed by atoms with Gasteiger partial charge in [0.15, 0.2) is 0 Å². The van der Waals surface area contributed by atoms with Crippen molar-refractivity contribution in [3.05, 3.63) is 10.6 Å². The SMILES string of the molecule is NCC(=O)NCCC1=C(C(=O)O)N2C(=O)C[C@@H]2S1. The Morgan fingerprint density at radius 2 is 2.28 bits per heavy atom. The second-order valence-electron chi connectivity index (χ2n) is 3.92. The maximum absolute atomic E-state index is 11.3. The van der Waals surface area contributed by atoms with Crippen LogP contribution in [-0.4, -0.2) is 46.3 Å². The summed E-state index contributed by atoms with van der Waals surface area (Å²) in [5, 5.41) is 11.6. The lowest BCUT2D eigenvalue weighted by molar-refractivity contribution is -0.145. The zero-order chi connectivity index (χ0) is 13.3. The van der Waals surface area contributed by atoms with E-state index in [1.54, 1.807) is 0 Å². The summed E-state index contributed by atoms with van der Waals surface area (Å²) in [6.45, 7) is 0.231. The molecule has 0 aromatic heterocycles. The molecular formula is C10H13N3O4S. The van der Waals surface area contributed by atoms with Crippen molar-refractivity contribution in [2.24, 2.45) is 5.73 Å². The molecule has 0 bridgehead atoms. The van der Waals surface area contributed by atoms with Crippen LogP contribution in [0.2, 0.25) is 0 Å². The minimum absolute atomic E-state index is 0.0586. The Morgan fingerprint density at radius 1 is 1.56 bits per heavy atom. The van der Waals surface area contributed by atoms with Gasteiger partial charge in [-0.2, -0.15) is 0 Å². The van der Waals surface area contributed by atoms with Crippen LogP contribution in [0, 0.1) is 0 Å². The Morgan fingerprint density at radius 3 is 2.83 bits per heavy atom. The number of amides is 2. The number of rotatable bonds is 5. The lowest BCUT2D eigenvalue weighted by Gasteiger charge is -2.33. The van der Waals surface area contributed by atoms with Gasteiger partial charge in [-0.1, -0.05) is 0 Å². The Balaban J connectivity index is 2.00. The standard InChI is InChI=1S/C10H13N3O4S/c11-4-6(14)12-2-1-5-9(10(16)17)13-7(15)3-8(13)18-5/h8H,1-4,11H2,(H,12,14)(H,16,17)/t8-/m0/s1. The summed E-state index contributed by atoms with van der Waals surface area (Å²) in [5.41, 5.74) is 5.20. The number of β-lactam (4-membered cyclic amide) rings is 1. The number of nitrogens with zero attached hydrogens (tertiary/aromatic N) is 1. The van der Waals surface area contributed by atoms with Crippen molar-refractivity contribution < 1.29 is 19.5 Å². The number of carbonyl (C=O) groups is 3. The van der Waals surface area contributed by atoms with Crippen molar-refractivity contribution in [3.63, 3.8) is 0 Å². The molecule has 0 radical (unpaired) electrons. The van der Waals surface area contributed by atoms with Crippen LogP contribution in [-0.2, 0) is 14.4 Å². The summed E-state index contributed by atoms with van der Waals surface area (Å²) in [5.74, 6) is -1.54. The highest BCUT2D eigenvalue weighted by atomic mass is 32.2. The number of carboxylic acids is 1. The highest BCUT2D eigenvalue weighted by molar-refractivity contribution is 8.04. The molecule has 2 rings (SSSR count). The number of nitrogens with two attached hydrogens (primary N) is 1. The van der Waals surface area contributed by atoms with Crippen molar-refractivity contribution in [2.45, 2.75) is 18.2 Å². The van der Waals surface area contributed by atoms with E-state index >= 15 is 0 Å². The van der Waals surface area contributed by atoms with E-state index in [2.05, 4.69) is 5.32 Å². The summed E-state index contributed by atoms with van der Waals surface area (Å²) in [6, 6.07) is 0. The smallest absolute Gasteiger partial charge is 0.353 e. The summed E-state index contributed by atoms with van der Waals surface area (Å²) < 4.78 is 0. The molecular weight excluding hydrogens is 258 g/mol. The van der Waals surface area contributed by atoms with Crippen molar-refractivity contribution >= 4 is 29.5 Å². The van der Waals surface area contributed by atoms with Crippen LogP contribution < -0.4 is 11.1 Å². The number of carboxylic acid groups (broad SMARTS) is 1. The lowest BCUT2D eigenvalue weighted by Crippen LogP contribution is -2.48. The molecule has 18 heavy (non-hydrogen) atoms. The van der Waals surface area contributed by atoms with Crippen molar-refractivity contribution in [2.75, 3.05) is 13.1 Å². The number of aliphatic carboxylic acids is 1. The molecule has 0 aromatic carbocycles. The van der Waals surface area contributed by atoms with Crippen molar-refractivity contribution in [1.82, 2.24) is 10.2 Å². The van der Waals surface area contributed by atoms with Gasteiger partial charge >= 0.3 is 5.97 Å². The molecule has 2 amide bonds. The predicted molar refractivity (Wildman–Crippen MR) is 64.2 cm³/mol. The summed E-state index contributed by atoms with van der Waals surface area (Å²) >= 11 is 1.38. The molecule has 1 atom stereocenters. The first-order valence-corrected chi connectivity index (χ1v) is 6.34. The zero-order valence-electron chi connectivity index (χ0n) is 9.51. The van der Waals surface area contributed by atoms with Gasteiger partial charge in [-0.25, -0.2) is 4.79 Å². The van der Waals surface area contributed by atoms with Crippen LogP contribution in [0.25, 0.3) is 0 Å². The van der Waals surface area contributed by atoms with E-state index in [-0.39, 0.29) is 29.4 Å². The fraction of sp³-hybridized carbons (Fsp3) is 0.500. The average Bonchev–Trinajstić information content (AvgIpc) is 2.61. The maximum Gasteiger partial charge on any atom is 0.353 e. The van der Waals surface area contributed by atoms with Crippen molar-refractivity contribution in [1.29, 1.82) is 0 Å². The van der Waals surface area contributed by atoms with E-state index in [1.165, 1.54) is 16.7 Å². The fourth-order valence-corrected chi connectivity index (χ4v) is 3.29. The van der Waals surface area contributed by atoms with Crippen LogP contribution in [0.15, 0.2) is 10.6 Å². The van der Waals surface area contributed by atoms with Gasteiger partial charge in [-0.05, 0) is 6.42 Å². The molecule has 1 fully saturated rings. The quantitative estimate of drug-likeness (QED) is 0.556. The maximum atomic E-state index is 11.3. The molecule has 98 valence electrons. The largest absolute Gasteiger partial charge is 0.477 e. The van der Waals surface area contributed by atoms with E-state index in [1.807, 2.05) is 0 Å². The van der Waals surface area contributed by atoms with E-state index in [0.29, 0.717) is 24.3 Å². The zero-order valence-corrected chi connectivity index (χ0v) is 10.3. The summed E-state index contributed by atoms with van der Waals surface area (Å²) in [7, 11) is 0. The van der Waals surface area contributed by atoms with E-state index in [9.17, 15) is 14.4 Å². The first-order valence-electron chi connectivity index (χ1n) is 5.46. The van der Waals surface area contributed by atoms with Gasteiger partial charge in [0.25, 0.3) is 0 Å². The molecule has 2 aliphatic rings.